The van der Waals surface area contributed by atoms with Gasteiger partial charge in [-0.25, -0.2) is 8.42 Å². The van der Waals surface area contributed by atoms with Crippen LogP contribution in [-0.4, -0.2) is 66.3 Å². The van der Waals surface area contributed by atoms with Crippen LogP contribution in [-0.2, 0) is 26.2 Å². The van der Waals surface area contributed by atoms with Crippen LogP contribution in [0.2, 0.25) is 0 Å². The molecule has 0 unspecified atom stereocenters. The Labute approximate surface area is 162 Å². The summed E-state index contributed by atoms with van der Waals surface area (Å²) >= 11 is 5.02. The topological polar surface area (TPSA) is 115 Å². The lowest BCUT2D eigenvalue weighted by Crippen LogP contribution is -2.52. The molecule has 9 nitrogen and oxygen atoms in total. The predicted molar refractivity (Wildman–Crippen MR) is 100 cm³/mol. The van der Waals surface area contributed by atoms with E-state index in [-0.39, 0.29) is 36.0 Å². The number of carbonyl (C=O) groups is 2. The number of nitriles is 1. The first-order valence-corrected chi connectivity index (χ1v) is 10.0. The quantitative estimate of drug-likeness (QED) is 0.382. The zero-order chi connectivity index (χ0) is 20.4. The molecule has 2 amide bonds. The lowest BCUT2D eigenvalue weighted by Gasteiger charge is -2.31. The summed E-state index contributed by atoms with van der Waals surface area (Å²) in [6, 6.07) is 4.97. The third-order valence-electron chi connectivity index (χ3n) is 3.89. The van der Waals surface area contributed by atoms with Crippen LogP contribution in [0.4, 0.5) is 0 Å². The van der Waals surface area contributed by atoms with Gasteiger partial charge < -0.3 is 4.42 Å². The van der Waals surface area contributed by atoms with E-state index in [1.807, 2.05) is 6.07 Å². The molecule has 1 aromatic heterocycles. The average Bonchev–Trinajstić information content (AvgIpc) is 3.05. The molecular weight excluding hydrogens is 392 g/mol. The van der Waals surface area contributed by atoms with E-state index < -0.39 is 21.8 Å². The molecule has 2 heterocycles. The van der Waals surface area contributed by atoms with Gasteiger partial charge in [-0.1, -0.05) is 0 Å². The third-order valence-corrected chi connectivity index (χ3v) is 5.68. The molecule has 1 saturated heterocycles. The highest BCUT2D eigenvalue weighted by molar-refractivity contribution is 7.88. The van der Waals surface area contributed by atoms with Crippen LogP contribution in [0.5, 0.6) is 0 Å². The summed E-state index contributed by atoms with van der Waals surface area (Å²) in [6.45, 7) is -0.0219. The van der Waals surface area contributed by atoms with Crippen molar-refractivity contribution in [3.05, 3.63) is 29.2 Å². The van der Waals surface area contributed by atoms with E-state index in [0.717, 1.165) is 10.6 Å². The van der Waals surface area contributed by atoms with Crippen LogP contribution in [0.15, 0.2) is 22.1 Å². The van der Waals surface area contributed by atoms with Crippen LogP contribution >= 0.6 is 12.2 Å². The minimum absolute atomic E-state index is 0.0382. The van der Waals surface area contributed by atoms with Crippen molar-refractivity contribution < 1.29 is 22.4 Å². The number of amides is 2. The molecule has 0 atom stereocenters. The molecular formula is C16H18N4O5S2. The van der Waals surface area contributed by atoms with Crippen molar-refractivity contribution in [1.29, 1.82) is 5.26 Å². The van der Waals surface area contributed by atoms with Gasteiger partial charge in [0, 0.05) is 27.1 Å². The Morgan fingerprint density at radius 3 is 2.37 bits per heavy atom. The summed E-state index contributed by atoms with van der Waals surface area (Å²) in [6.07, 6.45) is 2.39. The highest BCUT2D eigenvalue weighted by Crippen LogP contribution is 2.20. The number of hydrogen-bond donors (Lipinski definition) is 0. The van der Waals surface area contributed by atoms with Gasteiger partial charge in [-0.05, 0) is 30.4 Å². The number of rotatable bonds is 6. The number of nitrogens with zero attached hydrogens (tertiary/aromatic N) is 4. The first-order chi connectivity index (χ1) is 12.6. The summed E-state index contributed by atoms with van der Waals surface area (Å²) < 4.78 is 30.3. The summed E-state index contributed by atoms with van der Waals surface area (Å²) in [5.74, 6) is -0.552. The smallest absolute Gasteiger partial charge is 0.265 e. The van der Waals surface area contributed by atoms with Gasteiger partial charge in [0.1, 0.15) is 17.1 Å². The van der Waals surface area contributed by atoms with Gasteiger partial charge in [0.05, 0.1) is 18.9 Å². The zero-order valence-corrected chi connectivity index (χ0v) is 16.6. The molecule has 0 aromatic carbocycles. The van der Waals surface area contributed by atoms with E-state index in [1.54, 1.807) is 6.07 Å². The Bertz CT molecular complexity index is 932. The van der Waals surface area contributed by atoms with E-state index in [1.165, 1.54) is 36.0 Å². The number of sulfonamides is 1. The molecule has 1 aliphatic heterocycles. The van der Waals surface area contributed by atoms with Crippen LogP contribution in [0, 0.1) is 11.3 Å². The normalized spacial score (nSPS) is 15.5. The molecule has 1 aliphatic rings. The first-order valence-electron chi connectivity index (χ1n) is 7.78. The van der Waals surface area contributed by atoms with Crippen molar-refractivity contribution in [3.8, 4) is 6.07 Å². The van der Waals surface area contributed by atoms with Gasteiger partial charge in [0.2, 0.25) is 10.0 Å². The summed E-state index contributed by atoms with van der Waals surface area (Å²) in [4.78, 5) is 26.9. The van der Waals surface area contributed by atoms with Gasteiger partial charge in [-0.2, -0.15) is 9.57 Å². The second-order valence-corrected chi connectivity index (χ2v) is 8.23. The lowest BCUT2D eigenvalue weighted by molar-refractivity contribution is -0.132. The van der Waals surface area contributed by atoms with E-state index in [9.17, 15) is 18.0 Å². The molecule has 11 heteroatoms. The molecule has 144 valence electrons. The van der Waals surface area contributed by atoms with Crippen LogP contribution < -0.4 is 0 Å². The number of likely N-dealkylation sites (N-methyl/N-ethyl adjacent to an activating group) is 2. The summed E-state index contributed by atoms with van der Waals surface area (Å²) in [5, 5.41) is 8.76. The monoisotopic (exact) mass is 410 g/mol. The Morgan fingerprint density at radius 2 is 1.85 bits per heavy atom. The van der Waals surface area contributed by atoms with Gasteiger partial charge in [-0.3, -0.25) is 19.4 Å². The Balaban J connectivity index is 2.25. The number of furan rings is 1. The van der Waals surface area contributed by atoms with E-state index in [4.69, 9.17) is 21.9 Å². The lowest BCUT2D eigenvalue weighted by atomic mass is 10.1. The molecule has 0 N–H and O–H groups in total. The Kier molecular flexibility index (Phi) is 6.15. The van der Waals surface area contributed by atoms with Gasteiger partial charge in [-0.15, -0.1) is 0 Å². The summed E-state index contributed by atoms with van der Waals surface area (Å²) in [7, 11) is -0.588. The van der Waals surface area contributed by atoms with Crippen LogP contribution in [0.3, 0.4) is 0 Å². The fraction of sp³-hybridized carbons (Fsp3) is 0.375. The maximum Gasteiger partial charge on any atom is 0.265 e. The standard InChI is InChI=1S/C16H18N4O5S2/c1-18-14(21)13(15(22)19(2)16(18)26)9-11-5-6-12(25-11)10-20(8-4-7-17)27(3,23)24/h5-6,9H,4,8,10H2,1-3H3. The number of hydrogen-bond acceptors (Lipinski definition) is 7. The van der Waals surface area contributed by atoms with Crippen LogP contribution in [0.25, 0.3) is 6.08 Å². The molecule has 0 aliphatic carbocycles. The van der Waals surface area contributed by atoms with Gasteiger partial charge >= 0.3 is 0 Å². The second-order valence-electron chi connectivity index (χ2n) is 5.88. The highest BCUT2D eigenvalue weighted by Gasteiger charge is 2.35. The van der Waals surface area contributed by atoms with Crippen molar-refractivity contribution >= 4 is 45.2 Å². The first kappa shape index (κ1) is 20.8. The predicted octanol–water partition coefficient (Wildman–Crippen LogP) is 0.554. The minimum Gasteiger partial charge on any atom is -0.460 e. The van der Waals surface area contributed by atoms with E-state index in [0.29, 0.717) is 5.76 Å². The molecule has 1 aromatic rings. The van der Waals surface area contributed by atoms with Crippen molar-refractivity contribution in [2.24, 2.45) is 0 Å². The fourth-order valence-corrected chi connectivity index (χ4v) is 3.34. The van der Waals surface area contributed by atoms with Crippen LogP contribution in [0.1, 0.15) is 17.9 Å². The molecule has 0 saturated carbocycles. The molecule has 1 fully saturated rings. The molecule has 2 rings (SSSR count). The van der Waals surface area contributed by atoms with Gasteiger partial charge in [0.25, 0.3) is 11.8 Å². The highest BCUT2D eigenvalue weighted by atomic mass is 32.2. The Hall–Kier alpha value is -2.55. The van der Waals surface area contributed by atoms with Gasteiger partial charge in [0.15, 0.2) is 5.11 Å². The maximum absolute atomic E-state index is 12.3. The molecule has 0 bridgehead atoms. The molecule has 0 radical (unpaired) electrons. The number of thiocarbonyl (C=S) groups is 1. The number of carbonyl (C=O) groups excluding carboxylic acids is 2. The minimum atomic E-state index is -3.52. The third kappa shape index (κ3) is 4.60. The van der Waals surface area contributed by atoms with Crippen molar-refractivity contribution in [3.63, 3.8) is 0 Å². The molecule has 0 spiro atoms. The van der Waals surface area contributed by atoms with E-state index >= 15 is 0 Å². The molecule has 27 heavy (non-hydrogen) atoms. The Morgan fingerprint density at radius 1 is 1.26 bits per heavy atom. The summed E-state index contributed by atoms with van der Waals surface area (Å²) in [5.41, 5.74) is -0.112. The van der Waals surface area contributed by atoms with E-state index in [2.05, 4.69) is 0 Å². The second kappa shape index (κ2) is 7.99. The average molecular weight is 410 g/mol. The SMILES string of the molecule is CN1C(=O)C(=Cc2ccc(CN(CCC#N)S(C)(=O)=O)o2)C(=O)N(C)C1=S. The van der Waals surface area contributed by atoms with Crippen molar-refractivity contribution in [1.82, 2.24) is 14.1 Å². The van der Waals surface area contributed by atoms with Crippen molar-refractivity contribution in [2.45, 2.75) is 13.0 Å². The maximum atomic E-state index is 12.3. The van der Waals surface area contributed by atoms with Crippen molar-refractivity contribution in [2.75, 3.05) is 26.9 Å². The zero-order valence-electron chi connectivity index (χ0n) is 15.0. The largest absolute Gasteiger partial charge is 0.460 e. The fourth-order valence-electron chi connectivity index (χ4n) is 2.38.